The molecule has 1 amide bonds. The Morgan fingerprint density at radius 2 is 1.80 bits per heavy atom. The summed E-state index contributed by atoms with van der Waals surface area (Å²) in [5.41, 5.74) is 8.33. The average molecular weight is 574 g/mol. The van der Waals surface area contributed by atoms with Crippen molar-refractivity contribution in [3.8, 4) is 0 Å². The highest BCUT2D eigenvalue weighted by Crippen LogP contribution is 2.33. The average Bonchev–Trinajstić information content (AvgIpc) is 2.95. The number of rotatable bonds is 11. The lowest BCUT2D eigenvalue weighted by atomic mass is 9.79. The summed E-state index contributed by atoms with van der Waals surface area (Å²) in [5, 5.41) is 12.5. The lowest BCUT2D eigenvalue weighted by molar-refractivity contribution is -0.138. The van der Waals surface area contributed by atoms with Crippen LogP contribution in [-0.4, -0.2) is 52.7 Å². The van der Waals surface area contributed by atoms with Crippen LogP contribution in [0.2, 0.25) is 0 Å². The van der Waals surface area contributed by atoms with Crippen molar-refractivity contribution < 1.29 is 27.9 Å². The minimum atomic E-state index is -4.48. The smallest absolute Gasteiger partial charge is 0.417 e. The summed E-state index contributed by atoms with van der Waals surface area (Å²) in [6.45, 7) is 4.05. The number of aliphatic imine (C=N–C) groups is 1. The van der Waals surface area contributed by atoms with Crippen LogP contribution in [0.4, 0.5) is 24.7 Å². The van der Waals surface area contributed by atoms with Crippen LogP contribution in [-0.2, 0) is 11.0 Å². The summed E-state index contributed by atoms with van der Waals surface area (Å²) >= 11 is 0. The number of amides is 1. The first-order valence-corrected chi connectivity index (χ1v) is 13.8. The summed E-state index contributed by atoms with van der Waals surface area (Å²) in [6.07, 6.45) is 3.00. The molecule has 0 radical (unpaired) electrons. The van der Waals surface area contributed by atoms with Crippen LogP contribution in [0.5, 0.6) is 0 Å². The lowest BCUT2D eigenvalue weighted by Gasteiger charge is -2.33. The number of aromatic nitrogens is 1. The molecule has 1 atom stereocenters. The van der Waals surface area contributed by atoms with E-state index in [4.69, 9.17) is 10.8 Å². The predicted octanol–water partition coefficient (Wildman–Crippen LogP) is 6.28. The number of pyridine rings is 1. The quantitative estimate of drug-likeness (QED) is 0.272. The number of allylic oxidation sites excluding steroid dienone is 1. The third-order valence-electron chi connectivity index (χ3n) is 7.28. The van der Waals surface area contributed by atoms with E-state index in [0.29, 0.717) is 11.3 Å². The summed E-state index contributed by atoms with van der Waals surface area (Å²) in [4.78, 5) is 33.2. The molecule has 1 aliphatic rings. The summed E-state index contributed by atoms with van der Waals surface area (Å²) in [5.74, 6) is -0.871. The molecule has 4 N–H and O–H groups in total. The fourth-order valence-corrected chi connectivity index (χ4v) is 4.82. The zero-order valence-corrected chi connectivity index (χ0v) is 23.6. The fraction of sp³-hybridized carbons (Fsp3) is 0.467. The predicted molar refractivity (Wildman–Crippen MR) is 153 cm³/mol. The number of carboxylic acids is 1. The third-order valence-corrected chi connectivity index (χ3v) is 7.28. The van der Waals surface area contributed by atoms with E-state index in [2.05, 4.69) is 15.3 Å². The zero-order chi connectivity index (χ0) is 30.2. The molecule has 41 heavy (non-hydrogen) atoms. The second kappa shape index (κ2) is 14.1. The Hall–Kier alpha value is -3.89. The number of nitrogens with one attached hydrogen (secondary N) is 1. The summed E-state index contributed by atoms with van der Waals surface area (Å²) < 4.78 is 38.9. The van der Waals surface area contributed by atoms with Crippen molar-refractivity contribution in [2.75, 3.05) is 18.9 Å². The Bertz CT molecular complexity index is 1240. The van der Waals surface area contributed by atoms with Gasteiger partial charge in [0.1, 0.15) is 0 Å². The Morgan fingerprint density at radius 3 is 2.34 bits per heavy atom. The molecule has 0 aliphatic heterocycles. The minimum Gasteiger partial charge on any atom is -0.481 e. The fourth-order valence-electron chi connectivity index (χ4n) is 4.82. The molecule has 1 fully saturated rings. The first-order valence-electron chi connectivity index (χ1n) is 13.8. The molecule has 3 rings (SSSR count). The van der Waals surface area contributed by atoms with Gasteiger partial charge in [0.2, 0.25) is 0 Å². The van der Waals surface area contributed by atoms with Gasteiger partial charge in [0.05, 0.1) is 18.0 Å². The van der Waals surface area contributed by atoms with E-state index >= 15 is 0 Å². The Morgan fingerprint density at radius 1 is 1.15 bits per heavy atom. The highest BCUT2D eigenvalue weighted by Gasteiger charge is 2.31. The van der Waals surface area contributed by atoms with Gasteiger partial charge in [-0.1, -0.05) is 33.1 Å². The summed E-state index contributed by atoms with van der Waals surface area (Å²) in [6, 6.07) is 8.93. The van der Waals surface area contributed by atoms with E-state index in [1.807, 2.05) is 13.8 Å². The van der Waals surface area contributed by atoms with Crippen molar-refractivity contribution in [3.63, 3.8) is 0 Å². The zero-order valence-electron chi connectivity index (χ0n) is 23.6. The van der Waals surface area contributed by atoms with E-state index in [0.717, 1.165) is 55.6 Å². The van der Waals surface area contributed by atoms with E-state index in [-0.39, 0.29) is 42.6 Å². The van der Waals surface area contributed by atoms with Crippen LogP contribution in [0.3, 0.4) is 0 Å². The number of hydrogen-bond donors (Lipinski definition) is 3. The highest BCUT2D eigenvalue weighted by atomic mass is 19.4. The third kappa shape index (κ3) is 9.06. The van der Waals surface area contributed by atoms with Crippen molar-refractivity contribution in [1.82, 2.24) is 9.88 Å². The van der Waals surface area contributed by atoms with Crippen LogP contribution in [0.25, 0.3) is 0 Å². The van der Waals surface area contributed by atoms with Crippen LogP contribution >= 0.6 is 0 Å². The van der Waals surface area contributed by atoms with E-state index < -0.39 is 17.7 Å². The van der Waals surface area contributed by atoms with Crippen LogP contribution in [0, 0.1) is 11.8 Å². The van der Waals surface area contributed by atoms with Gasteiger partial charge in [-0.2, -0.15) is 13.2 Å². The Labute approximate surface area is 238 Å². The topological polar surface area (TPSA) is 121 Å². The molecule has 222 valence electrons. The van der Waals surface area contributed by atoms with Crippen molar-refractivity contribution in [2.45, 2.75) is 64.6 Å². The molecule has 0 saturated heterocycles. The van der Waals surface area contributed by atoms with Gasteiger partial charge in [-0.3, -0.25) is 9.59 Å². The molecule has 1 aromatic carbocycles. The number of carboxylic acid groups (broad SMARTS) is 1. The maximum Gasteiger partial charge on any atom is 0.417 e. The molecule has 8 nitrogen and oxygen atoms in total. The normalized spacial score (nSPS) is 16.0. The standard InChI is InChI=1S/C30H38F3N5O3/c1-19(2)27(34)24(18-36-25-14-11-22(17-35-25)30(31,32)33)28(20-7-5-4-6-8-20)37-23-12-9-21(10-13-23)29(41)38(3)16-15-26(39)40/h9-14,17-20,28,37H,4-8,15-16,34H2,1-3H3,(H,39,40). The van der Waals surface area contributed by atoms with Crippen molar-refractivity contribution in [1.29, 1.82) is 0 Å². The number of carbonyl (C=O) groups excluding carboxylic acids is 1. The number of nitrogens with zero attached hydrogens (tertiary/aromatic N) is 3. The Balaban J connectivity index is 1.89. The van der Waals surface area contributed by atoms with Crippen LogP contribution in [0.15, 0.2) is 58.9 Å². The molecule has 11 heteroatoms. The van der Waals surface area contributed by atoms with Crippen molar-refractivity contribution in [2.24, 2.45) is 22.6 Å². The van der Waals surface area contributed by atoms with E-state index in [9.17, 15) is 22.8 Å². The molecule has 1 aliphatic carbocycles. The van der Waals surface area contributed by atoms with Crippen LogP contribution in [0.1, 0.15) is 68.3 Å². The largest absolute Gasteiger partial charge is 0.481 e. The number of carbonyl (C=O) groups is 2. The number of nitrogens with two attached hydrogens (primary N) is 1. The SMILES string of the molecule is CC(C)C(N)=C(C=Nc1ccc(C(F)(F)F)cn1)C(Nc1ccc(C(=O)N(C)CCC(=O)O)cc1)C1CCCCC1. The van der Waals surface area contributed by atoms with Gasteiger partial charge in [-0.05, 0) is 61.1 Å². The first kappa shape index (κ1) is 31.6. The van der Waals surface area contributed by atoms with Gasteiger partial charge in [-0.15, -0.1) is 0 Å². The molecule has 0 bridgehead atoms. The number of benzene rings is 1. The molecule has 1 unspecified atom stereocenters. The monoisotopic (exact) mass is 573 g/mol. The van der Waals surface area contributed by atoms with Crippen molar-refractivity contribution >= 4 is 29.6 Å². The first-order chi connectivity index (χ1) is 19.4. The molecule has 0 spiro atoms. The van der Waals surface area contributed by atoms with Crippen molar-refractivity contribution in [3.05, 3.63) is 65.0 Å². The van der Waals surface area contributed by atoms with Gasteiger partial charge >= 0.3 is 12.1 Å². The van der Waals surface area contributed by atoms with Gasteiger partial charge in [-0.25, -0.2) is 9.98 Å². The maximum absolute atomic E-state index is 13.0. The number of hydrogen-bond acceptors (Lipinski definition) is 6. The molecular formula is C30H38F3N5O3. The highest BCUT2D eigenvalue weighted by molar-refractivity contribution is 5.94. The Kier molecular flexibility index (Phi) is 10.9. The lowest BCUT2D eigenvalue weighted by Crippen LogP contribution is -2.35. The van der Waals surface area contributed by atoms with Gasteiger partial charge in [0, 0.05) is 48.5 Å². The number of aliphatic carboxylic acids is 1. The molecule has 1 aromatic heterocycles. The van der Waals surface area contributed by atoms with Crippen LogP contribution < -0.4 is 11.1 Å². The second-order valence-corrected chi connectivity index (χ2v) is 10.7. The number of anilines is 1. The van der Waals surface area contributed by atoms with Gasteiger partial charge < -0.3 is 21.1 Å². The van der Waals surface area contributed by atoms with Gasteiger partial charge in [0.25, 0.3) is 5.91 Å². The molecule has 1 saturated carbocycles. The molecular weight excluding hydrogens is 535 g/mol. The molecule has 1 heterocycles. The number of halogens is 3. The van der Waals surface area contributed by atoms with E-state index in [1.165, 1.54) is 11.0 Å². The summed E-state index contributed by atoms with van der Waals surface area (Å²) in [7, 11) is 1.56. The van der Waals surface area contributed by atoms with E-state index in [1.54, 1.807) is 37.5 Å². The van der Waals surface area contributed by atoms with Gasteiger partial charge in [0.15, 0.2) is 5.82 Å². The maximum atomic E-state index is 13.0. The second-order valence-electron chi connectivity index (χ2n) is 10.7. The minimum absolute atomic E-state index is 0.00811. The molecule has 2 aromatic rings. The number of alkyl halides is 3.